The molecule has 0 aliphatic carbocycles. The number of carbonyl (C=O) groups excluding carboxylic acids is 5. The van der Waals surface area contributed by atoms with Crippen LogP contribution in [0.1, 0.15) is 114 Å². The van der Waals surface area contributed by atoms with Crippen molar-refractivity contribution in [3.63, 3.8) is 0 Å². The third kappa shape index (κ3) is 16.3. The van der Waals surface area contributed by atoms with E-state index >= 15 is 0 Å². The summed E-state index contributed by atoms with van der Waals surface area (Å²) in [7, 11) is 8.99. The Balaban J connectivity index is 1.74. The number of hydrogen-bond acceptors (Lipinski definition) is 19. The van der Waals surface area contributed by atoms with Crippen molar-refractivity contribution in [3.8, 4) is 0 Å². The van der Waals surface area contributed by atoms with Gasteiger partial charge in [0.15, 0.2) is 30.6 Å². The molecule has 0 aromatic carbocycles. The summed E-state index contributed by atoms with van der Waals surface area (Å²) in [6, 6.07) is -0.585. The summed E-state index contributed by atoms with van der Waals surface area (Å²) in [5, 5.41) is 12.4. The lowest BCUT2D eigenvalue weighted by atomic mass is 9.82. The summed E-state index contributed by atoms with van der Waals surface area (Å²) in [5.74, 6) is -3.36. The quantitative estimate of drug-likeness (QED) is 0.137. The van der Waals surface area contributed by atoms with Crippen LogP contribution < -0.4 is 0 Å². The van der Waals surface area contributed by atoms with Gasteiger partial charge in [-0.3, -0.25) is 19.2 Å². The minimum Gasteiger partial charge on any atom is -0.462 e. The molecule has 394 valence electrons. The fraction of sp³-hybridized carbons (Fsp3) is 0.820. The number of nitrogens with zero attached hydrogens (tertiary/aromatic N) is 2. The van der Waals surface area contributed by atoms with Crippen LogP contribution in [0.3, 0.4) is 0 Å². The summed E-state index contributed by atoms with van der Waals surface area (Å²) in [6.07, 6.45) is -2.23. The summed E-state index contributed by atoms with van der Waals surface area (Å²) in [5.41, 5.74) is -1.32. The van der Waals surface area contributed by atoms with Crippen LogP contribution in [0.5, 0.6) is 0 Å². The Morgan fingerprint density at radius 3 is 2.14 bits per heavy atom. The average molecular weight is 983 g/mol. The summed E-state index contributed by atoms with van der Waals surface area (Å²) in [4.78, 5) is 67.8. The molecule has 19 heteroatoms. The smallest absolute Gasteiger partial charge is 0.309 e. The second-order valence-electron chi connectivity index (χ2n) is 19.8. The highest BCUT2D eigenvalue weighted by molar-refractivity contribution is 5.72. The van der Waals surface area contributed by atoms with Gasteiger partial charge >= 0.3 is 23.9 Å². The first-order valence-electron chi connectivity index (χ1n) is 24.5. The highest BCUT2D eigenvalue weighted by Gasteiger charge is 2.54. The number of likely N-dealkylation sites (N-methyl/N-ethyl adjacent to an activating group) is 2. The number of hydrogen-bond donors (Lipinski definition) is 1. The van der Waals surface area contributed by atoms with Gasteiger partial charge in [0.05, 0.1) is 43.0 Å². The topological polar surface area (TPSA) is 214 Å². The van der Waals surface area contributed by atoms with E-state index in [1.807, 2.05) is 52.2 Å². The molecular formula is C50H82N2O17. The molecule has 4 heterocycles. The van der Waals surface area contributed by atoms with Gasteiger partial charge in [-0.2, -0.15) is 0 Å². The van der Waals surface area contributed by atoms with Gasteiger partial charge < -0.3 is 71.8 Å². The molecule has 69 heavy (non-hydrogen) atoms. The molecule has 0 spiro atoms. The predicted octanol–water partition coefficient (Wildman–Crippen LogP) is 4.43. The van der Waals surface area contributed by atoms with Crippen molar-refractivity contribution in [1.29, 1.82) is 0 Å². The molecule has 0 bridgehead atoms. The van der Waals surface area contributed by atoms with E-state index in [0.29, 0.717) is 19.3 Å². The standard InChI is InChI=1S/C50H82N2O17/c1-15-39(56)65-38-26-40(57)60-29(3)19-17-16-18-20-37(66-41-22-21-36(51(10)11)30(4)61-41)28(2)25-35(23-24-53)46(47(38)59-14)68-49-44(58)43(52(12)13)45(31(5)63-49)67-42-27-50(9,69-34(8)55)48(32(6)62-42)64-33(7)54/h16-18,20,24,28-32,35-38,41-49,58H,15,19,21-23,25-27H2,1-14H3/b17-16+,20-18+. The van der Waals surface area contributed by atoms with Gasteiger partial charge in [0.2, 0.25) is 0 Å². The predicted molar refractivity (Wildman–Crippen MR) is 250 cm³/mol. The van der Waals surface area contributed by atoms with Crippen LogP contribution in [0.4, 0.5) is 0 Å². The van der Waals surface area contributed by atoms with Crippen LogP contribution >= 0.6 is 0 Å². The zero-order valence-corrected chi connectivity index (χ0v) is 43.3. The molecule has 3 fully saturated rings. The number of rotatable bonds is 15. The van der Waals surface area contributed by atoms with Gasteiger partial charge in [-0.15, -0.1) is 0 Å². The molecule has 0 aromatic heterocycles. The second kappa shape index (κ2) is 26.9. The molecule has 0 aromatic rings. The van der Waals surface area contributed by atoms with E-state index in [2.05, 4.69) is 4.90 Å². The van der Waals surface area contributed by atoms with Gasteiger partial charge in [-0.1, -0.05) is 38.2 Å². The number of ether oxygens (including phenoxy) is 11. The fourth-order valence-electron chi connectivity index (χ4n) is 10.2. The molecule has 4 aliphatic rings. The second-order valence-corrected chi connectivity index (χ2v) is 19.8. The molecule has 19 nitrogen and oxygen atoms in total. The first-order valence-corrected chi connectivity index (χ1v) is 24.5. The van der Waals surface area contributed by atoms with Gasteiger partial charge in [0.25, 0.3) is 0 Å². The van der Waals surface area contributed by atoms with Crippen LogP contribution in [0.2, 0.25) is 0 Å². The van der Waals surface area contributed by atoms with Crippen LogP contribution in [-0.2, 0) is 76.1 Å². The molecule has 19 atom stereocenters. The van der Waals surface area contributed by atoms with E-state index in [4.69, 9.17) is 52.1 Å². The van der Waals surface area contributed by atoms with Crippen molar-refractivity contribution >= 4 is 30.2 Å². The number of aldehydes is 1. The molecule has 0 saturated carbocycles. The largest absolute Gasteiger partial charge is 0.462 e. The maximum Gasteiger partial charge on any atom is 0.309 e. The molecule has 4 aliphatic heterocycles. The van der Waals surface area contributed by atoms with Crippen LogP contribution in [0, 0.1) is 11.8 Å². The van der Waals surface area contributed by atoms with E-state index in [1.165, 1.54) is 21.0 Å². The number of cyclic esters (lactones) is 1. The van der Waals surface area contributed by atoms with Crippen molar-refractivity contribution in [2.24, 2.45) is 11.8 Å². The third-order valence-corrected chi connectivity index (χ3v) is 13.5. The van der Waals surface area contributed by atoms with E-state index < -0.39 is 128 Å². The average Bonchev–Trinajstić information content (AvgIpc) is 3.24. The lowest BCUT2D eigenvalue weighted by Gasteiger charge is -2.50. The van der Waals surface area contributed by atoms with Crippen LogP contribution in [-0.4, -0.2) is 184 Å². The van der Waals surface area contributed by atoms with E-state index in [-0.39, 0.29) is 37.3 Å². The number of methoxy groups -OCH3 is 1. The van der Waals surface area contributed by atoms with Crippen LogP contribution in [0.25, 0.3) is 0 Å². The molecule has 1 N–H and O–H groups in total. The normalized spacial score (nSPS) is 40.6. The third-order valence-electron chi connectivity index (χ3n) is 13.5. The summed E-state index contributed by atoms with van der Waals surface area (Å²) >= 11 is 0. The first kappa shape index (κ1) is 58.2. The van der Waals surface area contributed by atoms with Gasteiger partial charge in [-0.05, 0) is 93.9 Å². The monoisotopic (exact) mass is 983 g/mol. The highest BCUT2D eigenvalue weighted by atomic mass is 16.7. The maximum absolute atomic E-state index is 13.6. The van der Waals surface area contributed by atoms with E-state index in [9.17, 15) is 29.1 Å². The Bertz CT molecular complexity index is 1730. The maximum atomic E-state index is 13.6. The summed E-state index contributed by atoms with van der Waals surface area (Å²) in [6.45, 7) is 15.0. The SMILES string of the molecule is CCC(=O)OC1CC(=O)OC(C)C/C=C/C=C/C(OC2CCC(N(C)C)C(C)O2)C(C)CC(CC=O)C(OC2OC(C)C(OC3CC(C)(OC(C)=O)C(OC(C)=O)C(C)O3)C(N(C)C)C2O)C1OC. The van der Waals surface area contributed by atoms with Crippen molar-refractivity contribution < 1.29 is 81.2 Å². The lowest BCUT2D eigenvalue weighted by molar-refractivity contribution is -0.344. The molecule has 0 radical (unpaired) electrons. The number of carbonyl (C=O) groups is 5. The lowest BCUT2D eigenvalue weighted by Crippen LogP contribution is -2.66. The first-order chi connectivity index (χ1) is 32.5. The Morgan fingerprint density at radius 1 is 0.855 bits per heavy atom. The van der Waals surface area contributed by atoms with Crippen molar-refractivity contribution in [3.05, 3.63) is 24.3 Å². The van der Waals surface area contributed by atoms with Crippen molar-refractivity contribution in [2.75, 3.05) is 35.3 Å². The number of allylic oxidation sites excluding steroid dienone is 2. The van der Waals surface area contributed by atoms with Crippen LogP contribution in [0.15, 0.2) is 24.3 Å². The molecule has 4 rings (SSSR count). The number of aliphatic hydroxyl groups is 1. The zero-order chi connectivity index (χ0) is 51.3. The van der Waals surface area contributed by atoms with Crippen molar-refractivity contribution in [2.45, 2.75) is 217 Å². The molecular weight excluding hydrogens is 901 g/mol. The highest BCUT2D eigenvalue weighted by Crippen LogP contribution is 2.39. The molecule has 19 unspecified atom stereocenters. The van der Waals surface area contributed by atoms with E-state index in [1.54, 1.807) is 53.6 Å². The van der Waals surface area contributed by atoms with E-state index in [0.717, 1.165) is 12.7 Å². The zero-order valence-electron chi connectivity index (χ0n) is 43.3. The minimum atomic E-state index is -1.42. The van der Waals surface area contributed by atoms with Gasteiger partial charge in [0.1, 0.15) is 36.8 Å². The van der Waals surface area contributed by atoms with Gasteiger partial charge in [0, 0.05) is 52.7 Å². The van der Waals surface area contributed by atoms with Crippen molar-refractivity contribution in [1.82, 2.24) is 9.80 Å². The Labute approximate surface area is 409 Å². The number of esters is 4. The Hall–Kier alpha value is -3.37. The molecule has 3 saturated heterocycles. The number of aliphatic hydroxyl groups excluding tert-OH is 1. The molecule has 0 amide bonds. The minimum absolute atomic E-state index is 0.00616. The fourth-order valence-corrected chi connectivity index (χ4v) is 10.2. The summed E-state index contributed by atoms with van der Waals surface area (Å²) < 4.78 is 68.7. The van der Waals surface area contributed by atoms with Gasteiger partial charge in [-0.25, -0.2) is 0 Å². The Morgan fingerprint density at radius 2 is 1.55 bits per heavy atom. The Kier molecular flexibility index (Phi) is 22.7.